The van der Waals surface area contributed by atoms with Crippen molar-refractivity contribution in [2.24, 2.45) is 12.8 Å². The van der Waals surface area contributed by atoms with Gasteiger partial charge in [-0.05, 0) is 6.42 Å². The molecule has 2 rings (SSSR count). The van der Waals surface area contributed by atoms with Crippen molar-refractivity contribution in [1.82, 2.24) is 14.8 Å². The predicted molar refractivity (Wildman–Crippen MR) is 71.6 cm³/mol. The Hall–Kier alpha value is -1.09. The molecule has 0 spiro atoms. The third-order valence-corrected chi connectivity index (χ3v) is 5.84. The van der Waals surface area contributed by atoms with Gasteiger partial charge in [0.2, 0.25) is 5.91 Å². The van der Waals surface area contributed by atoms with Gasteiger partial charge in [-0.25, -0.2) is 8.42 Å². The van der Waals surface area contributed by atoms with Crippen LogP contribution in [0.25, 0.3) is 0 Å². The zero-order valence-electron chi connectivity index (χ0n) is 10.6. The molecule has 0 aliphatic carbocycles. The van der Waals surface area contributed by atoms with Crippen molar-refractivity contribution in [3.8, 4) is 0 Å². The van der Waals surface area contributed by atoms with Crippen LogP contribution in [0, 0.1) is 0 Å². The minimum absolute atomic E-state index is 0.0759. The number of rotatable bonds is 5. The molecule has 2 N–H and O–H groups in total. The first-order chi connectivity index (χ1) is 8.89. The van der Waals surface area contributed by atoms with Crippen molar-refractivity contribution in [3.05, 3.63) is 5.82 Å². The van der Waals surface area contributed by atoms with Crippen molar-refractivity contribution in [2.75, 3.05) is 17.3 Å². The van der Waals surface area contributed by atoms with E-state index in [-0.39, 0.29) is 29.8 Å². The van der Waals surface area contributed by atoms with Crippen LogP contribution in [0.5, 0.6) is 0 Å². The molecular weight excluding hydrogens is 288 g/mol. The molecule has 1 saturated heterocycles. The van der Waals surface area contributed by atoms with Crippen molar-refractivity contribution >= 4 is 27.5 Å². The molecule has 9 heteroatoms. The first kappa shape index (κ1) is 14.3. The van der Waals surface area contributed by atoms with Gasteiger partial charge in [-0.2, -0.15) is 0 Å². The molecule has 0 radical (unpaired) electrons. The summed E-state index contributed by atoms with van der Waals surface area (Å²) in [5.41, 5.74) is 5.07. The normalized spacial score (nSPS) is 21.6. The van der Waals surface area contributed by atoms with Crippen molar-refractivity contribution in [1.29, 1.82) is 0 Å². The lowest BCUT2D eigenvalue weighted by Gasteiger charge is -2.07. The summed E-state index contributed by atoms with van der Waals surface area (Å²) in [6.45, 7) is 0. The van der Waals surface area contributed by atoms with E-state index in [2.05, 4.69) is 10.2 Å². The highest BCUT2D eigenvalue weighted by molar-refractivity contribution is 7.99. The maximum atomic E-state index is 11.5. The van der Waals surface area contributed by atoms with Gasteiger partial charge in [-0.3, -0.25) is 4.79 Å². The van der Waals surface area contributed by atoms with E-state index in [0.717, 1.165) is 0 Å². The van der Waals surface area contributed by atoms with Crippen molar-refractivity contribution in [2.45, 2.75) is 23.9 Å². The lowest BCUT2D eigenvalue weighted by Crippen LogP contribution is -2.11. The van der Waals surface area contributed by atoms with Crippen LogP contribution in [0.1, 0.15) is 24.6 Å². The predicted octanol–water partition coefficient (Wildman–Crippen LogP) is -0.315. The van der Waals surface area contributed by atoms with Gasteiger partial charge >= 0.3 is 0 Å². The highest BCUT2D eigenvalue weighted by Crippen LogP contribution is 2.29. The van der Waals surface area contributed by atoms with Gasteiger partial charge < -0.3 is 10.3 Å². The highest BCUT2D eigenvalue weighted by Gasteiger charge is 2.32. The smallest absolute Gasteiger partial charge is 0.218 e. The molecule has 1 unspecified atom stereocenters. The first-order valence-corrected chi connectivity index (χ1v) is 8.70. The summed E-state index contributed by atoms with van der Waals surface area (Å²) < 4.78 is 24.7. The van der Waals surface area contributed by atoms with Crippen LogP contribution in [-0.4, -0.2) is 46.3 Å². The summed E-state index contributed by atoms with van der Waals surface area (Å²) in [4.78, 5) is 10.7. The van der Waals surface area contributed by atoms with E-state index in [1.165, 1.54) is 11.8 Å². The largest absolute Gasteiger partial charge is 0.370 e. The number of primary amides is 1. The molecule has 0 bridgehead atoms. The monoisotopic (exact) mass is 304 g/mol. The van der Waals surface area contributed by atoms with Crippen LogP contribution in [0.2, 0.25) is 0 Å². The van der Waals surface area contributed by atoms with Crippen LogP contribution in [0.15, 0.2) is 5.16 Å². The summed E-state index contributed by atoms with van der Waals surface area (Å²) in [6.07, 6.45) is 0.880. The Bertz CT molecular complexity index is 582. The van der Waals surface area contributed by atoms with Crippen LogP contribution in [0.3, 0.4) is 0 Å². The molecule has 1 atom stereocenters. The molecule has 19 heavy (non-hydrogen) atoms. The topological polar surface area (TPSA) is 108 Å². The Morgan fingerprint density at radius 2 is 2.26 bits per heavy atom. The minimum Gasteiger partial charge on any atom is -0.370 e. The molecule has 1 amide bonds. The second-order valence-electron chi connectivity index (χ2n) is 4.56. The van der Waals surface area contributed by atoms with Gasteiger partial charge in [0, 0.05) is 25.1 Å². The van der Waals surface area contributed by atoms with Crippen molar-refractivity contribution in [3.63, 3.8) is 0 Å². The third-order valence-electron chi connectivity index (χ3n) is 3.05. The lowest BCUT2D eigenvalue weighted by molar-refractivity contribution is -0.117. The average Bonchev–Trinajstić information content (AvgIpc) is 2.83. The molecular formula is C10H16N4O3S2. The maximum absolute atomic E-state index is 11.5. The third kappa shape index (κ3) is 3.47. The Labute approximate surface area is 115 Å². The maximum Gasteiger partial charge on any atom is 0.218 e. The zero-order valence-corrected chi connectivity index (χ0v) is 12.2. The zero-order chi connectivity index (χ0) is 14.0. The Kier molecular flexibility index (Phi) is 4.14. The molecule has 1 aromatic rings. The standard InChI is InChI=1S/C10H16N4O3S2/c1-14-9(7-3-5-19(16,17)6-7)12-13-10(14)18-4-2-8(11)15/h7H,2-6H2,1H3,(H2,11,15). The summed E-state index contributed by atoms with van der Waals surface area (Å²) in [5.74, 6) is 1.18. The van der Waals surface area contributed by atoms with E-state index in [9.17, 15) is 13.2 Å². The molecule has 1 fully saturated rings. The SMILES string of the molecule is Cn1c(SCCC(N)=O)nnc1C1CCS(=O)(=O)C1. The molecule has 1 aliphatic heterocycles. The molecule has 1 aromatic heterocycles. The van der Waals surface area contributed by atoms with Gasteiger partial charge in [-0.15, -0.1) is 10.2 Å². The fourth-order valence-corrected chi connectivity index (χ4v) is 4.66. The first-order valence-electron chi connectivity index (χ1n) is 5.90. The number of nitrogens with two attached hydrogens (primary N) is 1. The minimum atomic E-state index is -2.93. The summed E-state index contributed by atoms with van der Waals surface area (Å²) in [5, 5.41) is 8.79. The van der Waals surface area contributed by atoms with Crippen LogP contribution >= 0.6 is 11.8 Å². The number of aromatic nitrogens is 3. The Balaban J connectivity index is 2.04. The number of hydrogen-bond donors (Lipinski definition) is 1. The van der Waals surface area contributed by atoms with E-state index in [1.54, 1.807) is 4.57 Å². The number of nitrogens with zero attached hydrogens (tertiary/aromatic N) is 3. The molecule has 0 aromatic carbocycles. The second-order valence-corrected chi connectivity index (χ2v) is 7.86. The summed E-state index contributed by atoms with van der Waals surface area (Å²) in [7, 11) is -1.12. The number of amides is 1. The van der Waals surface area contributed by atoms with E-state index < -0.39 is 9.84 Å². The van der Waals surface area contributed by atoms with Crippen LogP contribution in [-0.2, 0) is 21.7 Å². The van der Waals surface area contributed by atoms with E-state index in [1.807, 2.05) is 7.05 Å². The lowest BCUT2D eigenvalue weighted by atomic mass is 10.1. The summed E-state index contributed by atoms with van der Waals surface area (Å²) >= 11 is 1.39. The number of sulfone groups is 1. The van der Waals surface area contributed by atoms with Gasteiger partial charge in [-0.1, -0.05) is 11.8 Å². The summed E-state index contributed by atoms with van der Waals surface area (Å²) in [6, 6.07) is 0. The number of hydrogen-bond acceptors (Lipinski definition) is 6. The number of carbonyl (C=O) groups is 1. The molecule has 7 nitrogen and oxygen atoms in total. The Morgan fingerprint density at radius 1 is 1.53 bits per heavy atom. The van der Waals surface area contributed by atoms with E-state index in [0.29, 0.717) is 23.2 Å². The fourth-order valence-electron chi connectivity index (χ4n) is 2.05. The highest BCUT2D eigenvalue weighted by atomic mass is 32.2. The van der Waals surface area contributed by atoms with Crippen LogP contribution in [0.4, 0.5) is 0 Å². The van der Waals surface area contributed by atoms with Gasteiger partial charge in [0.15, 0.2) is 15.0 Å². The van der Waals surface area contributed by atoms with Crippen LogP contribution < -0.4 is 5.73 Å². The Morgan fingerprint density at radius 3 is 2.84 bits per heavy atom. The fraction of sp³-hybridized carbons (Fsp3) is 0.700. The molecule has 0 saturated carbocycles. The quantitative estimate of drug-likeness (QED) is 0.747. The van der Waals surface area contributed by atoms with Gasteiger partial charge in [0.1, 0.15) is 5.82 Å². The molecule has 2 heterocycles. The van der Waals surface area contributed by atoms with Gasteiger partial charge in [0.05, 0.1) is 11.5 Å². The van der Waals surface area contributed by atoms with Crippen molar-refractivity contribution < 1.29 is 13.2 Å². The molecule has 1 aliphatic rings. The second kappa shape index (κ2) is 5.49. The van der Waals surface area contributed by atoms with E-state index in [4.69, 9.17) is 5.73 Å². The number of carbonyl (C=O) groups excluding carboxylic acids is 1. The number of thioether (sulfide) groups is 1. The molecule has 106 valence electrons. The van der Waals surface area contributed by atoms with E-state index >= 15 is 0 Å². The average molecular weight is 304 g/mol. The van der Waals surface area contributed by atoms with Gasteiger partial charge in [0.25, 0.3) is 0 Å².